The van der Waals surface area contributed by atoms with Gasteiger partial charge in [0.2, 0.25) is 0 Å². The van der Waals surface area contributed by atoms with Crippen LogP contribution in [-0.4, -0.2) is 11.2 Å². The molecule has 0 aliphatic rings. The van der Waals surface area contributed by atoms with Crippen LogP contribution in [0.3, 0.4) is 0 Å². The maximum atomic E-state index is 5.53. The molecule has 0 heterocycles. The zero-order chi connectivity index (χ0) is 11.3. The van der Waals surface area contributed by atoms with Crippen LogP contribution in [0.15, 0.2) is 35.7 Å². The molecule has 1 aromatic carbocycles. The zero-order valence-corrected chi connectivity index (χ0v) is 10.4. The van der Waals surface area contributed by atoms with Gasteiger partial charge in [-0.25, -0.2) is 0 Å². The number of benzene rings is 1. The molecule has 15 heavy (non-hydrogen) atoms. The smallest absolute Gasteiger partial charge is 0.0663 e. The minimum atomic E-state index is -0.103. The third kappa shape index (κ3) is 4.96. The fourth-order valence-electron chi connectivity index (χ4n) is 0.942. The molecule has 1 aromatic rings. The predicted molar refractivity (Wildman–Crippen MR) is 70.7 cm³/mol. The Morgan fingerprint density at radius 1 is 1.20 bits per heavy atom. The van der Waals surface area contributed by atoms with E-state index in [2.05, 4.69) is 30.8 Å². The maximum absolute atomic E-state index is 5.53. The quantitative estimate of drug-likeness (QED) is 0.605. The van der Waals surface area contributed by atoms with Crippen molar-refractivity contribution in [3.63, 3.8) is 0 Å². The molecular weight excluding hydrogens is 204 g/mol. The highest BCUT2D eigenvalue weighted by atomic mass is 32.1. The summed E-state index contributed by atoms with van der Waals surface area (Å²) in [7, 11) is 0. The molecule has 0 radical (unpaired) electrons. The van der Waals surface area contributed by atoms with Gasteiger partial charge >= 0.3 is 0 Å². The highest BCUT2D eigenvalue weighted by molar-refractivity contribution is 7.97. The van der Waals surface area contributed by atoms with Crippen molar-refractivity contribution in [1.29, 1.82) is 0 Å². The van der Waals surface area contributed by atoms with Crippen LogP contribution in [0.5, 0.6) is 0 Å². The second-order valence-electron chi connectivity index (χ2n) is 4.26. The molecule has 0 fully saturated rings. The molecule has 0 atom stereocenters. The lowest BCUT2D eigenvalue weighted by Gasteiger charge is -2.15. The van der Waals surface area contributed by atoms with Crippen molar-refractivity contribution in [2.24, 2.45) is 0 Å². The standard InChI is InChI=1S/C13H18OS/c1-5-11-6-8-12(9-7-11)15-10-14-13(2,3)4/h5-10,15H,1H2,2-4H3. The molecule has 2 heteroatoms. The van der Waals surface area contributed by atoms with Crippen LogP contribution in [0.2, 0.25) is 0 Å². The monoisotopic (exact) mass is 222 g/mol. The summed E-state index contributed by atoms with van der Waals surface area (Å²) in [6.45, 7) is 9.84. The van der Waals surface area contributed by atoms with E-state index in [1.807, 2.05) is 32.4 Å². The van der Waals surface area contributed by atoms with Crippen LogP contribution >= 0.6 is 11.4 Å². The maximum Gasteiger partial charge on any atom is 0.0663 e. The second kappa shape index (κ2) is 5.29. The number of thiol groups is 1. The predicted octanol–water partition coefficient (Wildman–Crippen LogP) is 3.73. The molecule has 0 bridgehead atoms. The summed E-state index contributed by atoms with van der Waals surface area (Å²) in [5.74, 6) is 0. The summed E-state index contributed by atoms with van der Waals surface area (Å²) in [6, 6.07) is 8.28. The van der Waals surface area contributed by atoms with Gasteiger partial charge in [0.25, 0.3) is 0 Å². The van der Waals surface area contributed by atoms with E-state index in [1.165, 1.54) is 4.90 Å². The number of hydrogen-bond acceptors (Lipinski definition) is 1. The lowest BCUT2D eigenvalue weighted by atomic mass is 10.2. The molecule has 0 aliphatic heterocycles. The van der Waals surface area contributed by atoms with Crippen molar-refractivity contribution < 1.29 is 4.74 Å². The highest BCUT2D eigenvalue weighted by Crippen LogP contribution is 2.13. The number of hydrogen-bond donors (Lipinski definition) is 1. The van der Waals surface area contributed by atoms with Gasteiger partial charge in [-0.3, -0.25) is 0 Å². The SMILES string of the molecule is C=Cc1ccc([SH]=COC(C)(C)C)cc1. The van der Waals surface area contributed by atoms with E-state index < -0.39 is 0 Å². The van der Waals surface area contributed by atoms with Crippen LogP contribution in [0, 0.1) is 0 Å². The Morgan fingerprint density at radius 3 is 2.27 bits per heavy atom. The van der Waals surface area contributed by atoms with Crippen molar-refractivity contribution in [2.45, 2.75) is 31.3 Å². The van der Waals surface area contributed by atoms with E-state index in [4.69, 9.17) is 4.74 Å². The minimum absolute atomic E-state index is 0.103. The second-order valence-corrected chi connectivity index (χ2v) is 5.25. The van der Waals surface area contributed by atoms with E-state index in [-0.39, 0.29) is 5.60 Å². The summed E-state index contributed by atoms with van der Waals surface area (Å²) in [6.07, 6.45) is 1.84. The molecule has 0 saturated heterocycles. The summed E-state index contributed by atoms with van der Waals surface area (Å²) in [5, 5.41) is 0. The van der Waals surface area contributed by atoms with Gasteiger partial charge in [0.1, 0.15) is 0 Å². The third-order valence-corrected chi connectivity index (χ3v) is 2.54. The summed E-state index contributed by atoms with van der Waals surface area (Å²) in [4.78, 5) is 1.23. The van der Waals surface area contributed by atoms with E-state index in [9.17, 15) is 0 Å². The first kappa shape index (κ1) is 12.2. The number of ether oxygens (including phenoxy) is 1. The molecule has 0 aromatic heterocycles. The van der Waals surface area contributed by atoms with Gasteiger partial charge in [-0.15, -0.1) is 11.4 Å². The molecule has 0 spiro atoms. The van der Waals surface area contributed by atoms with E-state index in [0.717, 1.165) is 16.9 Å². The Morgan fingerprint density at radius 2 is 1.80 bits per heavy atom. The first-order chi connectivity index (χ1) is 7.01. The molecule has 82 valence electrons. The van der Waals surface area contributed by atoms with Crippen molar-refractivity contribution in [3.8, 4) is 0 Å². The van der Waals surface area contributed by atoms with Gasteiger partial charge < -0.3 is 4.74 Å². The Balaban J connectivity index is 2.61. The van der Waals surface area contributed by atoms with E-state index >= 15 is 0 Å². The summed E-state index contributed by atoms with van der Waals surface area (Å²) >= 11 is 1.09. The first-order valence-electron chi connectivity index (χ1n) is 4.94. The molecule has 0 aliphatic carbocycles. The van der Waals surface area contributed by atoms with Gasteiger partial charge in [0.15, 0.2) is 0 Å². The first-order valence-corrected chi connectivity index (χ1v) is 5.90. The fraction of sp³-hybridized carbons (Fsp3) is 0.308. The van der Waals surface area contributed by atoms with Crippen LogP contribution in [0.25, 0.3) is 6.08 Å². The Bertz CT molecular complexity index is 344. The van der Waals surface area contributed by atoms with Crippen molar-refractivity contribution in [1.82, 2.24) is 0 Å². The van der Waals surface area contributed by atoms with Gasteiger partial charge in [-0.1, -0.05) is 24.8 Å². The van der Waals surface area contributed by atoms with E-state index in [0.29, 0.717) is 0 Å². The Hall–Kier alpha value is -0.860. The molecular formula is C13H18OS. The highest BCUT2D eigenvalue weighted by Gasteiger charge is 2.06. The molecule has 1 nitrogen and oxygen atoms in total. The largest absolute Gasteiger partial charge is 0.342 e. The summed E-state index contributed by atoms with van der Waals surface area (Å²) < 4.78 is 5.53. The molecule has 0 N–H and O–H groups in total. The molecule has 0 unspecified atom stereocenters. The van der Waals surface area contributed by atoms with Crippen LogP contribution in [-0.2, 0) is 4.74 Å². The normalized spacial score (nSPS) is 12.5. The lowest BCUT2D eigenvalue weighted by Crippen LogP contribution is -2.17. The van der Waals surface area contributed by atoms with Crippen molar-refractivity contribution in [3.05, 3.63) is 36.4 Å². The van der Waals surface area contributed by atoms with Crippen LogP contribution < -0.4 is 0 Å². The summed E-state index contributed by atoms with van der Waals surface area (Å²) in [5.41, 5.74) is 2.88. The van der Waals surface area contributed by atoms with Crippen LogP contribution in [0.4, 0.5) is 0 Å². The van der Waals surface area contributed by atoms with Gasteiger partial charge in [-0.2, -0.15) is 0 Å². The lowest BCUT2D eigenvalue weighted by molar-refractivity contribution is 0.131. The van der Waals surface area contributed by atoms with Gasteiger partial charge in [0.05, 0.1) is 11.2 Å². The van der Waals surface area contributed by atoms with Crippen molar-refractivity contribution in [2.75, 3.05) is 0 Å². The fourth-order valence-corrected chi connectivity index (χ4v) is 1.75. The van der Waals surface area contributed by atoms with Gasteiger partial charge in [-0.05, 0) is 38.5 Å². The average Bonchev–Trinajstić information content (AvgIpc) is 2.17. The van der Waals surface area contributed by atoms with E-state index in [1.54, 1.807) is 0 Å². The molecule has 1 rings (SSSR count). The minimum Gasteiger partial charge on any atom is -0.342 e. The average molecular weight is 222 g/mol. The third-order valence-electron chi connectivity index (χ3n) is 1.74. The zero-order valence-electron chi connectivity index (χ0n) is 9.53. The topological polar surface area (TPSA) is 9.23 Å². The number of rotatable bonds is 3. The molecule has 0 amide bonds. The Labute approximate surface area is 95.7 Å². The molecule has 0 saturated carbocycles. The van der Waals surface area contributed by atoms with Crippen LogP contribution in [0.1, 0.15) is 26.3 Å². The Kier molecular flexibility index (Phi) is 4.30. The van der Waals surface area contributed by atoms with Gasteiger partial charge in [0, 0.05) is 4.90 Å². The van der Waals surface area contributed by atoms with Crippen molar-refractivity contribution >= 4 is 23.0 Å².